The smallest absolute Gasteiger partial charge is 0.175 e. The number of hydrogen-bond acceptors (Lipinski definition) is 2. The summed E-state index contributed by atoms with van der Waals surface area (Å²) in [6, 6.07) is 14.7. The van der Waals surface area contributed by atoms with E-state index in [2.05, 4.69) is 72.9 Å². The summed E-state index contributed by atoms with van der Waals surface area (Å²) in [5.74, 6) is 0. The van der Waals surface area contributed by atoms with Crippen LogP contribution >= 0.6 is 12.2 Å². The zero-order chi connectivity index (χ0) is 17.8. The fourth-order valence-corrected chi connectivity index (χ4v) is 2.98. The minimum Gasteiger partial charge on any atom is -0.332 e. The van der Waals surface area contributed by atoms with Crippen LogP contribution < -0.4 is 10.6 Å². The van der Waals surface area contributed by atoms with Crippen molar-refractivity contribution < 1.29 is 0 Å². The van der Waals surface area contributed by atoms with Crippen LogP contribution in [0.15, 0.2) is 54.9 Å². The summed E-state index contributed by atoms with van der Waals surface area (Å²) in [6.45, 7) is 6.98. The fourth-order valence-electron chi connectivity index (χ4n) is 2.75. The Balaban J connectivity index is 1.61. The first-order chi connectivity index (χ1) is 12.0. The summed E-state index contributed by atoms with van der Waals surface area (Å²) in [4.78, 5) is 0. The van der Waals surface area contributed by atoms with E-state index in [1.54, 1.807) is 6.20 Å². The lowest BCUT2D eigenvalue weighted by Gasteiger charge is -2.11. The lowest BCUT2D eigenvalue weighted by Crippen LogP contribution is -2.19. The highest BCUT2D eigenvalue weighted by Gasteiger charge is 2.05. The predicted octanol–water partition coefficient (Wildman–Crippen LogP) is 4.67. The first kappa shape index (κ1) is 17.2. The summed E-state index contributed by atoms with van der Waals surface area (Å²) >= 11 is 5.41. The molecule has 2 N–H and O–H groups in total. The van der Waals surface area contributed by atoms with Crippen molar-refractivity contribution in [2.45, 2.75) is 27.3 Å². The minimum atomic E-state index is 0.557. The molecule has 0 aliphatic rings. The number of rotatable bonds is 4. The van der Waals surface area contributed by atoms with Crippen molar-refractivity contribution in [1.29, 1.82) is 0 Å². The molecule has 0 atom stereocenters. The van der Waals surface area contributed by atoms with Gasteiger partial charge < -0.3 is 10.6 Å². The van der Waals surface area contributed by atoms with E-state index in [4.69, 9.17) is 12.2 Å². The third-order valence-electron chi connectivity index (χ3n) is 3.95. The van der Waals surface area contributed by atoms with E-state index in [1.807, 2.05) is 16.9 Å². The maximum absolute atomic E-state index is 5.41. The zero-order valence-corrected chi connectivity index (χ0v) is 15.5. The minimum absolute atomic E-state index is 0.557. The number of hydrogen-bond donors (Lipinski definition) is 2. The van der Waals surface area contributed by atoms with Crippen LogP contribution in [0.4, 0.5) is 11.4 Å². The maximum atomic E-state index is 5.41. The normalized spacial score (nSPS) is 10.5. The van der Waals surface area contributed by atoms with Crippen molar-refractivity contribution in [3.05, 3.63) is 77.1 Å². The van der Waals surface area contributed by atoms with E-state index in [0.29, 0.717) is 5.11 Å². The molecule has 0 radical (unpaired) electrons. The van der Waals surface area contributed by atoms with Crippen LogP contribution in [0.5, 0.6) is 0 Å². The standard InChI is InChI=1S/C20H22N4S/c1-14-5-4-6-17(10-14)12-24-13-18(11-21-24)22-20(25)23-19-8-7-15(2)9-16(19)3/h4-11,13H,12H2,1-3H3,(H2,22,23,25). The van der Waals surface area contributed by atoms with Crippen LogP contribution in [0.1, 0.15) is 22.3 Å². The third-order valence-corrected chi connectivity index (χ3v) is 4.15. The summed E-state index contributed by atoms with van der Waals surface area (Å²) in [6.07, 6.45) is 3.74. The molecule has 3 rings (SSSR count). The number of aryl methyl sites for hydroxylation is 3. The molecule has 1 heterocycles. The lowest BCUT2D eigenvalue weighted by atomic mass is 10.1. The maximum Gasteiger partial charge on any atom is 0.175 e. The topological polar surface area (TPSA) is 41.9 Å². The molecule has 0 saturated carbocycles. The van der Waals surface area contributed by atoms with Crippen LogP contribution in [0.25, 0.3) is 0 Å². The van der Waals surface area contributed by atoms with Crippen molar-refractivity contribution in [2.75, 3.05) is 10.6 Å². The van der Waals surface area contributed by atoms with Crippen molar-refractivity contribution >= 4 is 28.7 Å². The van der Waals surface area contributed by atoms with Crippen molar-refractivity contribution in [2.24, 2.45) is 0 Å². The number of thiocarbonyl (C=S) groups is 1. The quantitative estimate of drug-likeness (QED) is 0.671. The molecular weight excluding hydrogens is 328 g/mol. The molecule has 2 aromatic carbocycles. The van der Waals surface area contributed by atoms with Gasteiger partial charge in [-0.25, -0.2) is 0 Å². The third kappa shape index (κ3) is 4.67. The number of nitrogens with zero attached hydrogens (tertiary/aromatic N) is 2. The Labute approximate surface area is 153 Å². The molecule has 0 spiro atoms. The van der Waals surface area contributed by atoms with Crippen molar-refractivity contribution in [3.63, 3.8) is 0 Å². The van der Waals surface area contributed by atoms with Crippen LogP contribution in [0.3, 0.4) is 0 Å². The Morgan fingerprint density at radius 3 is 2.60 bits per heavy atom. The van der Waals surface area contributed by atoms with Gasteiger partial charge in [0.1, 0.15) is 0 Å². The van der Waals surface area contributed by atoms with E-state index in [9.17, 15) is 0 Å². The van der Waals surface area contributed by atoms with E-state index >= 15 is 0 Å². The SMILES string of the molecule is Cc1cccc(Cn2cc(NC(=S)Nc3ccc(C)cc3C)cn2)c1. The molecule has 0 bridgehead atoms. The van der Waals surface area contributed by atoms with Gasteiger partial charge in [0, 0.05) is 11.9 Å². The van der Waals surface area contributed by atoms with Gasteiger partial charge in [-0.05, 0) is 50.2 Å². The zero-order valence-electron chi connectivity index (χ0n) is 14.7. The molecule has 0 aliphatic carbocycles. The molecule has 0 amide bonds. The van der Waals surface area contributed by atoms with Gasteiger partial charge in [-0.3, -0.25) is 4.68 Å². The van der Waals surface area contributed by atoms with Gasteiger partial charge >= 0.3 is 0 Å². The van der Waals surface area contributed by atoms with Crippen LogP contribution in [0.2, 0.25) is 0 Å². The van der Waals surface area contributed by atoms with Crippen molar-refractivity contribution in [1.82, 2.24) is 9.78 Å². The van der Waals surface area contributed by atoms with Gasteiger partial charge in [-0.2, -0.15) is 5.10 Å². The Morgan fingerprint density at radius 1 is 1.04 bits per heavy atom. The van der Waals surface area contributed by atoms with Gasteiger partial charge in [-0.15, -0.1) is 0 Å². The fraction of sp³-hybridized carbons (Fsp3) is 0.200. The molecule has 5 heteroatoms. The van der Waals surface area contributed by atoms with E-state index in [1.165, 1.54) is 22.3 Å². The Hall–Kier alpha value is -2.66. The van der Waals surface area contributed by atoms with E-state index in [-0.39, 0.29) is 0 Å². The molecule has 0 fully saturated rings. The summed E-state index contributed by atoms with van der Waals surface area (Å²) in [5, 5.41) is 11.4. The second-order valence-corrected chi connectivity index (χ2v) is 6.72. The summed E-state index contributed by atoms with van der Waals surface area (Å²) < 4.78 is 1.90. The van der Waals surface area contributed by atoms with Crippen molar-refractivity contribution in [3.8, 4) is 0 Å². The summed E-state index contributed by atoms with van der Waals surface area (Å²) in [5.41, 5.74) is 6.76. The van der Waals surface area contributed by atoms with E-state index < -0.39 is 0 Å². The van der Waals surface area contributed by atoms with Crippen LogP contribution in [-0.2, 0) is 6.54 Å². The number of aromatic nitrogens is 2. The average molecular weight is 350 g/mol. The highest BCUT2D eigenvalue weighted by atomic mass is 32.1. The Bertz CT molecular complexity index is 898. The number of anilines is 2. The molecule has 3 aromatic rings. The second kappa shape index (κ2) is 7.49. The van der Waals surface area contributed by atoms with Gasteiger partial charge in [0.05, 0.1) is 18.4 Å². The van der Waals surface area contributed by atoms with E-state index in [0.717, 1.165) is 17.9 Å². The van der Waals surface area contributed by atoms with Gasteiger partial charge in [0.2, 0.25) is 0 Å². The largest absolute Gasteiger partial charge is 0.332 e. The predicted molar refractivity (Wildman–Crippen MR) is 108 cm³/mol. The molecule has 1 aromatic heterocycles. The molecule has 0 saturated heterocycles. The first-order valence-electron chi connectivity index (χ1n) is 8.23. The molecule has 128 valence electrons. The number of nitrogens with one attached hydrogen (secondary N) is 2. The Kier molecular flexibility index (Phi) is 5.14. The lowest BCUT2D eigenvalue weighted by molar-refractivity contribution is 0.686. The number of benzene rings is 2. The monoisotopic (exact) mass is 350 g/mol. The molecule has 25 heavy (non-hydrogen) atoms. The van der Waals surface area contributed by atoms with Gasteiger partial charge in [0.25, 0.3) is 0 Å². The average Bonchev–Trinajstić information content (AvgIpc) is 2.97. The second-order valence-electron chi connectivity index (χ2n) is 6.31. The van der Waals surface area contributed by atoms with Gasteiger partial charge in [0.15, 0.2) is 5.11 Å². The summed E-state index contributed by atoms with van der Waals surface area (Å²) in [7, 11) is 0. The van der Waals surface area contributed by atoms with Gasteiger partial charge in [-0.1, -0.05) is 47.5 Å². The van der Waals surface area contributed by atoms with Crippen LogP contribution in [-0.4, -0.2) is 14.9 Å². The van der Waals surface area contributed by atoms with Crippen LogP contribution in [0, 0.1) is 20.8 Å². The molecular formula is C20H22N4S. The first-order valence-corrected chi connectivity index (χ1v) is 8.64. The highest BCUT2D eigenvalue weighted by molar-refractivity contribution is 7.80. The Morgan fingerprint density at radius 2 is 1.84 bits per heavy atom. The molecule has 0 unspecified atom stereocenters. The highest BCUT2D eigenvalue weighted by Crippen LogP contribution is 2.17. The molecule has 0 aliphatic heterocycles. The molecule has 4 nitrogen and oxygen atoms in total.